The largest absolute Gasteiger partial charge is 0.389 e. The predicted molar refractivity (Wildman–Crippen MR) is 226 cm³/mol. The van der Waals surface area contributed by atoms with E-state index in [0.717, 1.165) is 5.19 Å². The zero-order valence-corrected chi connectivity index (χ0v) is 35.1. The molecule has 5 rings (SSSR count). The molecule has 19 heteroatoms. The molecule has 0 N–H and O–H groups in total. The molecular weight excluding hydrogens is 820 g/mol. The molecule has 5 aromatic carbocycles. The van der Waals surface area contributed by atoms with Crippen LogP contribution in [0.4, 0.5) is 22.7 Å². The molecule has 16 nitrogen and oxygen atoms in total. The van der Waals surface area contributed by atoms with Gasteiger partial charge in [0.2, 0.25) is 0 Å². The molecule has 0 radical (unpaired) electrons. The van der Waals surface area contributed by atoms with E-state index in [0.29, 0.717) is 40.4 Å². The maximum Gasteiger partial charge on any atom is 0.374 e. The van der Waals surface area contributed by atoms with Crippen molar-refractivity contribution in [1.29, 1.82) is 0 Å². The summed E-state index contributed by atoms with van der Waals surface area (Å²) in [5.74, 6) is 0.231. The van der Waals surface area contributed by atoms with Gasteiger partial charge in [-0.15, -0.1) is 11.6 Å². The maximum atomic E-state index is 11.4. The lowest BCUT2D eigenvalue weighted by Crippen LogP contribution is -2.54. The van der Waals surface area contributed by atoms with E-state index in [1.807, 2.05) is 44.2 Å². The Balaban J connectivity index is 0.000000265. The van der Waals surface area contributed by atoms with Crippen molar-refractivity contribution in [3.63, 3.8) is 0 Å². The average Bonchev–Trinajstić information content (AvgIpc) is 3.25. The quantitative estimate of drug-likeness (QED) is 0.0292. The highest BCUT2D eigenvalue weighted by atomic mass is 35.5. The SMILES string of the molecule is CC[Si](CC)(OCc1ccccc1[N+](=O)[O-])OCc1ccccc1[N+](=O)[O-].O=[N+]([O-])c1ccccc1CO[Si](CCCl)(OCc1ccccc1[N+](=O)[O-])c1ccccc1. The van der Waals surface area contributed by atoms with Gasteiger partial charge in [0.05, 0.1) is 68.4 Å². The molecule has 0 spiro atoms. The Morgan fingerprint density at radius 1 is 0.458 bits per heavy atom. The van der Waals surface area contributed by atoms with E-state index in [-0.39, 0.29) is 55.1 Å². The summed E-state index contributed by atoms with van der Waals surface area (Å²) in [6.45, 7) is 3.92. The topological polar surface area (TPSA) is 209 Å². The highest BCUT2D eigenvalue weighted by Gasteiger charge is 2.41. The normalized spacial score (nSPS) is 11.3. The van der Waals surface area contributed by atoms with Gasteiger partial charge in [-0.2, -0.15) is 0 Å². The van der Waals surface area contributed by atoms with Crippen LogP contribution in [0.5, 0.6) is 0 Å². The minimum absolute atomic E-state index is 0.00584. The minimum atomic E-state index is -3.23. The van der Waals surface area contributed by atoms with Crippen molar-refractivity contribution in [2.45, 2.75) is 58.4 Å². The van der Waals surface area contributed by atoms with Crippen LogP contribution < -0.4 is 5.19 Å². The first kappa shape index (κ1) is 46.0. The second kappa shape index (κ2) is 22.4. The van der Waals surface area contributed by atoms with Crippen molar-refractivity contribution in [1.82, 2.24) is 0 Å². The second-order valence-electron chi connectivity index (χ2n) is 12.9. The predicted octanol–water partition coefficient (Wildman–Crippen LogP) is 9.54. The molecule has 0 bridgehead atoms. The van der Waals surface area contributed by atoms with Gasteiger partial charge in [-0.3, -0.25) is 40.5 Å². The molecule has 0 atom stereocenters. The fourth-order valence-corrected chi connectivity index (χ4v) is 11.8. The van der Waals surface area contributed by atoms with Gasteiger partial charge >= 0.3 is 17.1 Å². The van der Waals surface area contributed by atoms with Crippen LogP contribution in [0.3, 0.4) is 0 Å². The van der Waals surface area contributed by atoms with Crippen molar-refractivity contribution in [2.75, 3.05) is 5.88 Å². The Labute approximate surface area is 347 Å². The third-order valence-electron chi connectivity index (χ3n) is 9.37. The van der Waals surface area contributed by atoms with Crippen LogP contribution in [-0.4, -0.2) is 42.7 Å². The van der Waals surface area contributed by atoms with Crippen LogP contribution in [0.15, 0.2) is 127 Å². The average molecular weight is 863 g/mol. The molecule has 59 heavy (non-hydrogen) atoms. The van der Waals surface area contributed by atoms with Crippen LogP contribution in [0.25, 0.3) is 0 Å². The summed E-state index contributed by atoms with van der Waals surface area (Å²) in [6, 6.07) is 36.4. The van der Waals surface area contributed by atoms with E-state index in [1.54, 1.807) is 72.8 Å². The van der Waals surface area contributed by atoms with Gasteiger partial charge in [0.1, 0.15) is 0 Å². The van der Waals surface area contributed by atoms with Crippen LogP contribution in [0.2, 0.25) is 18.1 Å². The monoisotopic (exact) mass is 862 g/mol. The van der Waals surface area contributed by atoms with Gasteiger partial charge in [-0.25, -0.2) is 0 Å². The first-order valence-electron chi connectivity index (χ1n) is 18.5. The molecule has 0 saturated carbocycles. The summed E-state index contributed by atoms with van der Waals surface area (Å²) < 4.78 is 24.8. The van der Waals surface area contributed by atoms with Crippen LogP contribution in [0, 0.1) is 40.5 Å². The summed E-state index contributed by atoms with van der Waals surface area (Å²) in [6.07, 6.45) is 0. The molecular formula is C40H43ClN4O12Si2. The van der Waals surface area contributed by atoms with E-state index in [4.69, 9.17) is 29.3 Å². The summed E-state index contributed by atoms with van der Waals surface area (Å²) in [5.41, 5.74) is 1.70. The number of nitro benzene ring substituents is 4. The number of hydrogen-bond donors (Lipinski definition) is 0. The van der Waals surface area contributed by atoms with Crippen molar-refractivity contribution in [2.24, 2.45) is 0 Å². The van der Waals surface area contributed by atoms with Crippen LogP contribution in [-0.2, 0) is 44.1 Å². The number of benzene rings is 5. The Hall–Kier alpha value is -5.74. The molecule has 5 aromatic rings. The number of hydrogen-bond acceptors (Lipinski definition) is 12. The third-order valence-corrected chi connectivity index (χ3v) is 16.7. The van der Waals surface area contributed by atoms with E-state index in [1.165, 1.54) is 24.3 Å². The molecule has 0 unspecified atom stereocenters. The maximum absolute atomic E-state index is 11.4. The first-order chi connectivity index (χ1) is 28.4. The Morgan fingerprint density at radius 2 is 0.746 bits per heavy atom. The minimum Gasteiger partial charge on any atom is -0.389 e. The molecule has 0 fully saturated rings. The van der Waals surface area contributed by atoms with E-state index < -0.39 is 36.8 Å². The molecule has 0 aliphatic carbocycles. The van der Waals surface area contributed by atoms with Crippen LogP contribution >= 0.6 is 11.6 Å². The number of alkyl halides is 1. The third kappa shape index (κ3) is 12.6. The number of rotatable bonds is 21. The van der Waals surface area contributed by atoms with Crippen molar-refractivity contribution >= 4 is 56.7 Å². The Morgan fingerprint density at radius 3 is 1.03 bits per heavy atom. The zero-order chi connectivity index (χ0) is 42.8. The Bertz CT molecular complexity index is 2070. The van der Waals surface area contributed by atoms with Gasteiger partial charge in [-0.05, 0) is 41.5 Å². The van der Waals surface area contributed by atoms with Gasteiger partial charge in [0, 0.05) is 36.2 Å². The van der Waals surface area contributed by atoms with E-state index in [2.05, 4.69) is 0 Å². The smallest absolute Gasteiger partial charge is 0.374 e. The van der Waals surface area contributed by atoms with Crippen molar-refractivity contribution in [3.8, 4) is 0 Å². The summed E-state index contributed by atoms with van der Waals surface area (Å²) in [7, 11) is -5.90. The molecule has 310 valence electrons. The standard InChI is InChI=1S/C22H21ClN2O6Si.C18H22N2O6Si/c23-14-15-32(20-10-2-1-3-11-20,30-16-18-8-4-6-12-21(18)24(26)27)31-17-19-9-5-7-13-22(19)25(28)29;1-3-27(4-2,25-13-15-9-5-7-11-17(15)19(21)22)26-14-16-10-6-8-12-18(16)20(23)24/h1-13H,14-17H2;5-12H,3-4,13-14H2,1-2H3. The molecule has 0 amide bonds. The van der Waals surface area contributed by atoms with Crippen LogP contribution in [0.1, 0.15) is 36.1 Å². The van der Waals surface area contributed by atoms with Gasteiger partial charge < -0.3 is 17.7 Å². The lowest BCUT2D eigenvalue weighted by Gasteiger charge is -2.31. The van der Waals surface area contributed by atoms with Gasteiger partial charge in [0.15, 0.2) is 0 Å². The highest BCUT2D eigenvalue weighted by molar-refractivity contribution is 6.81. The summed E-state index contributed by atoms with van der Waals surface area (Å²) >= 11 is 6.12. The first-order valence-corrected chi connectivity index (χ1v) is 23.2. The van der Waals surface area contributed by atoms with Gasteiger partial charge in [-0.1, -0.05) is 92.7 Å². The second-order valence-corrected chi connectivity index (χ2v) is 20.2. The molecule has 0 aliphatic heterocycles. The van der Waals surface area contributed by atoms with E-state index in [9.17, 15) is 40.5 Å². The zero-order valence-electron chi connectivity index (χ0n) is 32.3. The van der Waals surface area contributed by atoms with Gasteiger partial charge in [0.25, 0.3) is 22.7 Å². The fourth-order valence-electron chi connectivity index (χ4n) is 6.06. The number of nitro groups is 4. The highest BCUT2D eigenvalue weighted by Crippen LogP contribution is 2.29. The summed E-state index contributed by atoms with van der Waals surface area (Å²) in [4.78, 5) is 43.3. The molecule has 0 aliphatic rings. The lowest BCUT2D eigenvalue weighted by molar-refractivity contribution is -0.386. The number of halogens is 1. The Kier molecular flexibility index (Phi) is 17.5. The fraction of sp³-hybridized carbons (Fsp3) is 0.250. The van der Waals surface area contributed by atoms with E-state index >= 15 is 0 Å². The van der Waals surface area contributed by atoms with Crippen molar-refractivity contribution < 1.29 is 37.4 Å². The summed E-state index contributed by atoms with van der Waals surface area (Å²) in [5, 5.41) is 45.9. The molecule has 0 saturated heterocycles. The number of nitrogens with zero attached hydrogens (tertiary/aromatic N) is 4. The molecule has 0 aromatic heterocycles. The lowest BCUT2D eigenvalue weighted by atomic mass is 10.2. The van der Waals surface area contributed by atoms with Crippen molar-refractivity contribution in [3.05, 3.63) is 190 Å². The number of para-hydroxylation sites is 4. The molecule has 0 heterocycles.